The molecular formula is C15H21F3O2. The SMILES string of the molecule is CCCCCCCC(O)c1ccccc1OC(F)(F)F. The Hall–Kier alpha value is -1.23. The molecule has 5 heteroatoms. The molecule has 0 aliphatic heterocycles. The summed E-state index contributed by atoms with van der Waals surface area (Å²) in [5.74, 6) is -0.318. The lowest BCUT2D eigenvalue weighted by atomic mass is 10.0. The summed E-state index contributed by atoms with van der Waals surface area (Å²) < 4.78 is 40.8. The van der Waals surface area contributed by atoms with Gasteiger partial charge in [-0.25, -0.2) is 0 Å². The van der Waals surface area contributed by atoms with Gasteiger partial charge in [-0.05, 0) is 12.5 Å². The van der Waals surface area contributed by atoms with Crippen molar-refractivity contribution in [1.29, 1.82) is 0 Å². The van der Waals surface area contributed by atoms with Gasteiger partial charge in [0.05, 0.1) is 6.10 Å². The summed E-state index contributed by atoms with van der Waals surface area (Å²) in [5.41, 5.74) is 0.195. The molecule has 1 atom stereocenters. The van der Waals surface area contributed by atoms with E-state index in [0.29, 0.717) is 6.42 Å². The highest BCUT2D eigenvalue weighted by atomic mass is 19.4. The molecule has 1 aromatic rings. The van der Waals surface area contributed by atoms with Gasteiger partial charge in [0.2, 0.25) is 0 Å². The fourth-order valence-corrected chi connectivity index (χ4v) is 2.07. The second kappa shape index (κ2) is 8.15. The minimum Gasteiger partial charge on any atom is -0.405 e. The van der Waals surface area contributed by atoms with Crippen LogP contribution in [0.25, 0.3) is 0 Å². The van der Waals surface area contributed by atoms with Crippen molar-refractivity contribution in [2.24, 2.45) is 0 Å². The number of rotatable bonds is 8. The Bertz CT molecular complexity index is 391. The molecule has 0 saturated heterocycles. The lowest BCUT2D eigenvalue weighted by Crippen LogP contribution is -2.18. The van der Waals surface area contributed by atoms with Crippen LogP contribution in [0.1, 0.15) is 57.1 Å². The van der Waals surface area contributed by atoms with Crippen LogP contribution in [0.3, 0.4) is 0 Å². The number of hydrogen-bond acceptors (Lipinski definition) is 2. The average Bonchev–Trinajstić information content (AvgIpc) is 2.37. The van der Waals surface area contributed by atoms with E-state index < -0.39 is 12.5 Å². The van der Waals surface area contributed by atoms with Crippen molar-refractivity contribution in [3.63, 3.8) is 0 Å². The maximum Gasteiger partial charge on any atom is 0.573 e. The van der Waals surface area contributed by atoms with Crippen molar-refractivity contribution in [1.82, 2.24) is 0 Å². The first-order valence-corrected chi connectivity index (χ1v) is 6.96. The van der Waals surface area contributed by atoms with Crippen molar-refractivity contribution in [3.05, 3.63) is 29.8 Å². The van der Waals surface area contributed by atoms with Crippen molar-refractivity contribution in [2.75, 3.05) is 0 Å². The summed E-state index contributed by atoms with van der Waals surface area (Å²) >= 11 is 0. The van der Waals surface area contributed by atoms with Crippen LogP contribution in [0.5, 0.6) is 5.75 Å². The zero-order chi connectivity index (χ0) is 15.0. The minimum atomic E-state index is -4.74. The molecular weight excluding hydrogens is 269 g/mol. The molecule has 0 aliphatic carbocycles. The molecule has 0 bridgehead atoms. The number of aliphatic hydroxyl groups is 1. The van der Waals surface area contributed by atoms with Gasteiger partial charge in [-0.15, -0.1) is 13.2 Å². The molecule has 0 aliphatic rings. The fourth-order valence-electron chi connectivity index (χ4n) is 2.07. The van der Waals surface area contributed by atoms with Crippen LogP contribution < -0.4 is 4.74 Å². The number of aliphatic hydroxyl groups excluding tert-OH is 1. The topological polar surface area (TPSA) is 29.5 Å². The van der Waals surface area contributed by atoms with Crippen LogP contribution >= 0.6 is 0 Å². The summed E-state index contributed by atoms with van der Waals surface area (Å²) in [7, 11) is 0. The molecule has 0 saturated carbocycles. The van der Waals surface area contributed by atoms with Gasteiger partial charge in [0.25, 0.3) is 0 Å². The molecule has 114 valence electrons. The number of unbranched alkanes of at least 4 members (excludes halogenated alkanes) is 4. The van der Waals surface area contributed by atoms with Gasteiger partial charge < -0.3 is 9.84 Å². The van der Waals surface area contributed by atoms with E-state index in [1.165, 1.54) is 18.2 Å². The Morgan fingerprint density at radius 2 is 1.75 bits per heavy atom. The number of benzene rings is 1. The molecule has 20 heavy (non-hydrogen) atoms. The highest BCUT2D eigenvalue weighted by Crippen LogP contribution is 2.32. The second-order valence-corrected chi connectivity index (χ2v) is 4.80. The molecule has 0 amide bonds. The van der Waals surface area contributed by atoms with Gasteiger partial charge in [-0.3, -0.25) is 0 Å². The molecule has 0 aromatic heterocycles. The number of para-hydroxylation sites is 1. The largest absolute Gasteiger partial charge is 0.573 e. The first-order chi connectivity index (χ1) is 9.44. The van der Waals surface area contributed by atoms with Crippen molar-refractivity contribution >= 4 is 0 Å². The molecule has 0 fully saturated rings. The van der Waals surface area contributed by atoms with Crippen molar-refractivity contribution in [2.45, 2.75) is 57.9 Å². The molecule has 0 radical (unpaired) electrons. The smallest absolute Gasteiger partial charge is 0.405 e. The Morgan fingerprint density at radius 1 is 1.10 bits per heavy atom. The maximum absolute atomic E-state index is 12.3. The van der Waals surface area contributed by atoms with E-state index in [-0.39, 0.29) is 11.3 Å². The van der Waals surface area contributed by atoms with E-state index in [2.05, 4.69) is 11.7 Å². The van der Waals surface area contributed by atoms with E-state index in [9.17, 15) is 18.3 Å². The highest BCUT2D eigenvalue weighted by Gasteiger charge is 2.32. The maximum atomic E-state index is 12.3. The highest BCUT2D eigenvalue weighted by molar-refractivity contribution is 5.35. The van der Waals surface area contributed by atoms with E-state index in [1.807, 2.05) is 0 Å². The van der Waals surface area contributed by atoms with Gasteiger partial charge in [0.1, 0.15) is 5.75 Å². The Morgan fingerprint density at radius 3 is 2.40 bits per heavy atom. The molecule has 1 N–H and O–H groups in total. The van der Waals surface area contributed by atoms with Crippen LogP contribution in [0.15, 0.2) is 24.3 Å². The monoisotopic (exact) mass is 290 g/mol. The summed E-state index contributed by atoms with van der Waals surface area (Å²) in [4.78, 5) is 0. The summed E-state index contributed by atoms with van der Waals surface area (Å²) in [5, 5.41) is 10.0. The summed E-state index contributed by atoms with van der Waals surface area (Å²) in [6.07, 6.45) is -0.0816. The van der Waals surface area contributed by atoms with Crippen molar-refractivity contribution in [3.8, 4) is 5.75 Å². The molecule has 2 nitrogen and oxygen atoms in total. The number of hydrogen-bond donors (Lipinski definition) is 1. The van der Waals surface area contributed by atoms with E-state index >= 15 is 0 Å². The predicted octanol–water partition coefficient (Wildman–Crippen LogP) is 4.98. The second-order valence-electron chi connectivity index (χ2n) is 4.80. The van der Waals surface area contributed by atoms with Gasteiger partial charge >= 0.3 is 6.36 Å². The lowest BCUT2D eigenvalue weighted by molar-refractivity contribution is -0.275. The standard InChI is InChI=1S/C15H21F3O2/c1-2-3-4-5-6-10-13(19)12-9-7-8-11-14(12)20-15(16,17)18/h7-9,11,13,19H,2-6,10H2,1H3. The Labute approximate surface area is 117 Å². The third-order valence-electron chi connectivity index (χ3n) is 3.08. The third kappa shape index (κ3) is 6.28. The average molecular weight is 290 g/mol. The first-order valence-electron chi connectivity index (χ1n) is 6.96. The molecule has 1 aromatic carbocycles. The van der Waals surface area contributed by atoms with E-state index in [0.717, 1.165) is 32.1 Å². The van der Waals surface area contributed by atoms with Crippen LogP contribution in [0.2, 0.25) is 0 Å². The zero-order valence-electron chi connectivity index (χ0n) is 11.6. The first kappa shape index (κ1) is 16.8. The summed E-state index contributed by atoms with van der Waals surface area (Å²) in [6, 6.07) is 5.75. The quantitative estimate of drug-likeness (QED) is 0.684. The zero-order valence-corrected chi connectivity index (χ0v) is 11.6. The minimum absolute atomic E-state index is 0.195. The third-order valence-corrected chi connectivity index (χ3v) is 3.08. The van der Waals surface area contributed by atoms with Crippen LogP contribution in [0, 0.1) is 0 Å². The number of halogens is 3. The predicted molar refractivity (Wildman–Crippen MR) is 71.5 cm³/mol. The van der Waals surface area contributed by atoms with Gasteiger partial charge in [-0.1, -0.05) is 57.2 Å². The van der Waals surface area contributed by atoms with Gasteiger partial charge in [-0.2, -0.15) is 0 Å². The van der Waals surface area contributed by atoms with Crippen LogP contribution in [-0.4, -0.2) is 11.5 Å². The van der Waals surface area contributed by atoms with Crippen LogP contribution in [0.4, 0.5) is 13.2 Å². The molecule has 1 rings (SSSR count). The van der Waals surface area contributed by atoms with Gasteiger partial charge in [0, 0.05) is 5.56 Å². The Balaban J connectivity index is 2.56. The van der Waals surface area contributed by atoms with E-state index in [4.69, 9.17) is 0 Å². The van der Waals surface area contributed by atoms with Gasteiger partial charge in [0.15, 0.2) is 0 Å². The lowest BCUT2D eigenvalue weighted by Gasteiger charge is -2.17. The molecule has 1 unspecified atom stereocenters. The summed E-state index contributed by atoms with van der Waals surface area (Å²) in [6.45, 7) is 2.11. The fraction of sp³-hybridized carbons (Fsp3) is 0.600. The number of ether oxygens (including phenoxy) is 1. The Kier molecular flexibility index (Phi) is 6.85. The normalized spacial score (nSPS) is 13.2. The molecule has 0 spiro atoms. The van der Waals surface area contributed by atoms with E-state index in [1.54, 1.807) is 6.07 Å². The number of alkyl halides is 3. The van der Waals surface area contributed by atoms with Crippen molar-refractivity contribution < 1.29 is 23.0 Å². The molecule has 0 heterocycles. The van der Waals surface area contributed by atoms with Crippen LogP contribution in [-0.2, 0) is 0 Å².